The number of hydrogen-bond acceptors (Lipinski definition) is 3. The van der Waals surface area contributed by atoms with Crippen molar-refractivity contribution in [3.63, 3.8) is 0 Å². The first kappa shape index (κ1) is 17.9. The van der Waals surface area contributed by atoms with Crippen LogP contribution in [0.4, 0.5) is 0 Å². The van der Waals surface area contributed by atoms with Crippen molar-refractivity contribution in [1.29, 1.82) is 0 Å². The van der Waals surface area contributed by atoms with Crippen LogP contribution >= 0.6 is 11.8 Å². The van der Waals surface area contributed by atoms with Crippen LogP contribution in [-0.4, -0.2) is 34.2 Å². The van der Waals surface area contributed by atoms with Crippen LogP contribution in [0.25, 0.3) is 0 Å². The monoisotopic (exact) mass is 335 g/mol. The summed E-state index contributed by atoms with van der Waals surface area (Å²) in [6.07, 6.45) is 3.81. The second kappa shape index (κ2) is 7.86. The number of aliphatic carboxylic acids is 1. The summed E-state index contributed by atoms with van der Waals surface area (Å²) in [6.45, 7) is 4.61. The topological polar surface area (TPSA) is 57.6 Å². The maximum absolute atomic E-state index is 12.8. The van der Waals surface area contributed by atoms with Gasteiger partial charge in [-0.25, -0.2) is 0 Å². The second-order valence-corrected chi connectivity index (χ2v) is 7.34. The number of carboxylic acid groups (broad SMARTS) is 1. The Morgan fingerprint density at radius 3 is 2.57 bits per heavy atom. The lowest BCUT2D eigenvalue weighted by Gasteiger charge is -2.29. The zero-order chi connectivity index (χ0) is 17.0. The zero-order valence-corrected chi connectivity index (χ0v) is 14.8. The predicted octanol–water partition coefficient (Wildman–Crippen LogP) is 3.65. The molecule has 2 rings (SSSR count). The number of carbonyl (C=O) groups is 2. The molecular weight excluding hydrogens is 310 g/mol. The van der Waals surface area contributed by atoms with Gasteiger partial charge in [-0.3, -0.25) is 9.59 Å². The van der Waals surface area contributed by atoms with Crippen molar-refractivity contribution in [1.82, 2.24) is 4.90 Å². The average Bonchev–Trinajstić information content (AvgIpc) is 3.02. The van der Waals surface area contributed by atoms with E-state index in [-0.39, 0.29) is 23.8 Å². The SMILES string of the molecule is CSc1cccc(CN(C(=O)[C@H]2CC[C@@H](C(=O)O)C2)C(C)C)c1. The molecule has 1 aromatic carbocycles. The molecule has 5 heteroatoms. The number of amides is 1. The van der Waals surface area contributed by atoms with Gasteiger partial charge in [0.1, 0.15) is 0 Å². The molecular formula is C18H25NO3S. The molecule has 1 aromatic rings. The second-order valence-electron chi connectivity index (χ2n) is 6.46. The van der Waals surface area contributed by atoms with Gasteiger partial charge in [-0.2, -0.15) is 0 Å². The van der Waals surface area contributed by atoms with Gasteiger partial charge < -0.3 is 10.0 Å². The molecule has 23 heavy (non-hydrogen) atoms. The standard InChI is InChI=1S/C18H25NO3S/c1-12(2)19(11-13-5-4-6-16(9-13)23-3)17(20)14-7-8-15(10-14)18(21)22/h4-6,9,12,14-15H,7-8,10-11H2,1-3H3,(H,21,22)/t14-,15+/m0/s1. The lowest BCUT2D eigenvalue weighted by Crippen LogP contribution is -2.40. The van der Waals surface area contributed by atoms with E-state index in [1.807, 2.05) is 37.1 Å². The van der Waals surface area contributed by atoms with Crippen LogP contribution in [0.5, 0.6) is 0 Å². The van der Waals surface area contributed by atoms with Crippen molar-refractivity contribution in [2.24, 2.45) is 11.8 Å². The lowest BCUT2D eigenvalue weighted by atomic mass is 10.0. The minimum absolute atomic E-state index is 0.0957. The third kappa shape index (κ3) is 4.50. The Bertz CT molecular complexity index is 573. The minimum atomic E-state index is -0.774. The summed E-state index contributed by atoms with van der Waals surface area (Å²) < 4.78 is 0. The molecule has 1 saturated carbocycles. The number of benzene rings is 1. The van der Waals surface area contributed by atoms with E-state index in [0.717, 1.165) is 5.56 Å². The molecule has 2 atom stereocenters. The molecule has 126 valence electrons. The summed E-state index contributed by atoms with van der Waals surface area (Å²) in [5, 5.41) is 9.13. The number of carbonyl (C=O) groups excluding carboxylic acids is 1. The average molecular weight is 335 g/mol. The molecule has 0 bridgehead atoms. The van der Waals surface area contributed by atoms with Crippen LogP contribution in [0.3, 0.4) is 0 Å². The third-order valence-electron chi connectivity index (χ3n) is 4.52. The molecule has 1 aliphatic rings. The highest BCUT2D eigenvalue weighted by atomic mass is 32.2. The van der Waals surface area contributed by atoms with Gasteiger partial charge >= 0.3 is 5.97 Å². The molecule has 0 aromatic heterocycles. The summed E-state index contributed by atoms with van der Waals surface area (Å²) in [5.41, 5.74) is 1.12. The highest BCUT2D eigenvalue weighted by molar-refractivity contribution is 7.98. The molecule has 1 N–H and O–H groups in total. The van der Waals surface area contributed by atoms with Crippen LogP contribution in [-0.2, 0) is 16.1 Å². The Morgan fingerprint density at radius 2 is 2.00 bits per heavy atom. The van der Waals surface area contributed by atoms with Gasteiger partial charge in [0, 0.05) is 23.4 Å². The Balaban J connectivity index is 2.09. The van der Waals surface area contributed by atoms with Gasteiger partial charge in [0.15, 0.2) is 0 Å². The van der Waals surface area contributed by atoms with Crippen LogP contribution in [0.2, 0.25) is 0 Å². The fraction of sp³-hybridized carbons (Fsp3) is 0.556. The van der Waals surface area contributed by atoms with Gasteiger partial charge in [-0.05, 0) is 57.1 Å². The van der Waals surface area contributed by atoms with E-state index >= 15 is 0 Å². The Hall–Kier alpha value is -1.49. The zero-order valence-electron chi connectivity index (χ0n) is 14.0. The highest BCUT2D eigenvalue weighted by Gasteiger charge is 2.36. The summed E-state index contributed by atoms with van der Waals surface area (Å²) in [4.78, 5) is 27.0. The van der Waals surface area contributed by atoms with Gasteiger partial charge in [0.2, 0.25) is 5.91 Å². The smallest absolute Gasteiger partial charge is 0.306 e. The van der Waals surface area contributed by atoms with Gasteiger partial charge in [0.25, 0.3) is 0 Å². The van der Waals surface area contributed by atoms with Gasteiger partial charge in [0.05, 0.1) is 5.92 Å². The maximum Gasteiger partial charge on any atom is 0.306 e. The van der Waals surface area contributed by atoms with Crippen LogP contribution in [0.1, 0.15) is 38.7 Å². The number of nitrogens with zero attached hydrogens (tertiary/aromatic N) is 1. The maximum atomic E-state index is 12.8. The molecule has 1 fully saturated rings. The van der Waals surface area contributed by atoms with Crippen LogP contribution in [0.15, 0.2) is 29.2 Å². The lowest BCUT2D eigenvalue weighted by molar-refractivity contribution is -0.142. The number of carboxylic acids is 1. The fourth-order valence-electron chi connectivity index (χ4n) is 3.15. The van der Waals surface area contributed by atoms with Crippen LogP contribution in [0, 0.1) is 11.8 Å². The van der Waals surface area contributed by atoms with Crippen molar-refractivity contribution in [2.45, 2.75) is 50.6 Å². The van der Waals surface area contributed by atoms with Crippen molar-refractivity contribution in [2.75, 3.05) is 6.26 Å². The van der Waals surface area contributed by atoms with Crippen molar-refractivity contribution < 1.29 is 14.7 Å². The van der Waals surface area contributed by atoms with Crippen LogP contribution < -0.4 is 0 Å². The number of thioether (sulfide) groups is 1. The van der Waals surface area contributed by atoms with Crippen molar-refractivity contribution in [3.05, 3.63) is 29.8 Å². The summed E-state index contributed by atoms with van der Waals surface area (Å²) in [5.74, 6) is -1.19. The Labute approximate surface area is 142 Å². The van der Waals surface area contributed by atoms with E-state index in [4.69, 9.17) is 5.11 Å². The highest BCUT2D eigenvalue weighted by Crippen LogP contribution is 2.33. The van der Waals surface area contributed by atoms with E-state index in [0.29, 0.717) is 25.8 Å². The molecule has 1 amide bonds. The Kier molecular flexibility index (Phi) is 6.10. The molecule has 0 heterocycles. The molecule has 0 saturated heterocycles. The summed E-state index contributed by atoms with van der Waals surface area (Å²) in [6, 6.07) is 8.33. The minimum Gasteiger partial charge on any atom is -0.481 e. The van der Waals surface area contributed by atoms with Gasteiger partial charge in [-0.1, -0.05) is 12.1 Å². The predicted molar refractivity (Wildman–Crippen MR) is 92.4 cm³/mol. The van der Waals surface area contributed by atoms with E-state index in [1.54, 1.807) is 11.8 Å². The molecule has 4 nitrogen and oxygen atoms in total. The van der Waals surface area contributed by atoms with Gasteiger partial charge in [-0.15, -0.1) is 11.8 Å². The van der Waals surface area contributed by atoms with E-state index < -0.39 is 5.97 Å². The number of hydrogen-bond donors (Lipinski definition) is 1. The van der Waals surface area contributed by atoms with Crippen molar-refractivity contribution >= 4 is 23.6 Å². The molecule has 0 radical (unpaired) electrons. The first-order valence-electron chi connectivity index (χ1n) is 8.08. The third-order valence-corrected chi connectivity index (χ3v) is 5.25. The Morgan fingerprint density at radius 1 is 1.30 bits per heavy atom. The fourth-order valence-corrected chi connectivity index (χ4v) is 3.63. The largest absolute Gasteiger partial charge is 0.481 e. The quantitative estimate of drug-likeness (QED) is 0.806. The normalized spacial score (nSPS) is 20.7. The molecule has 1 aliphatic carbocycles. The summed E-state index contributed by atoms with van der Waals surface area (Å²) >= 11 is 1.69. The molecule has 0 unspecified atom stereocenters. The van der Waals surface area contributed by atoms with E-state index in [2.05, 4.69) is 12.1 Å². The van der Waals surface area contributed by atoms with Crippen molar-refractivity contribution in [3.8, 4) is 0 Å². The molecule has 0 aliphatic heterocycles. The van der Waals surface area contributed by atoms with E-state index in [1.165, 1.54) is 4.90 Å². The first-order chi connectivity index (χ1) is 10.9. The first-order valence-corrected chi connectivity index (χ1v) is 9.31. The van der Waals surface area contributed by atoms with E-state index in [9.17, 15) is 9.59 Å². The molecule has 0 spiro atoms. The number of rotatable bonds is 6. The summed E-state index contributed by atoms with van der Waals surface area (Å²) in [7, 11) is 0.